The molecule has 0 bridgehead atoms. The lowest BCUT2D eigenvalue weighted by Crippen LogP contribution is -2.43. The summed E-state index contributed by atoms with van der Waals surface area (Å²) in [5, 5.41) is 20.0. The molecule has 3 atom stereocenters. The first-order valence-corrected chi connectivity index (χ1v) is 14.9. The highest BCUT2D eigenvalue weighted by Gasteiger charge is 2.35. The molecule has 2 heterocycles. The molecule has 1 amide bonds. The average molecular weight is 600 g/mol. The van der Waals surface area contributed by atoms with Gasteiger partial charge in [-0.2, -0.15) is 0 Å². The van der Waals surface area contributed by atoms with E-state index in [1.54, 1.807) is 16.2 Å². The number of carbonyl (C=O) groups is 3. The van der Waals surface area contributed by atoms with Crippen molar-refractivity contribution >= 4 is 39.3 Å². The summed E-state index contributed by atoms with van der Waals surface area (Å²) < 4.78 is 24.0. The highest BCUT2D eigenvalue weighted by atomic mass is 32.1. The average Bonchev–Trinajstić information content (AvgIpc) is 3.59. The van der Waals surface area contributed by atoms with Gasteiger partial charge in [0.1, 0.15) is 0 Å². The fraction of sp³-hybridized carbons (Fsp3) is 0.452. The second-order valence-electron chi connectivity index (χ2n) is 10.1. The molecule has 0 fully saturated rings. The smallest absolute Gasteiger partial charge is 0.307 e. The van der Waals surface area contributed by atoms with Crippen LogP contribution in [0.1, 0.15) is 56.4 Å². The summed E-state index contributed by atoms with van der Waals surface area (Å²) >= 11 is 1.56. The normalized spacial score (nSPS) is 14.6. The molecule has 1 aliphatic rings. The van der Waals surface area contributed by atoms with Crippen molar-refractivity contribution in [3.63, 3.8) is 0 Å². The SMILES string of the molecule is CCOC(CC(c1ccc2c(c1)OCO2)C(C)N(Cc1cc2ccccc2s1)C(=O)C[C@H](CC(=O)O)C(=O)O)OCC. The van der Waals surface area contributed by atoms with Gasteiger partial charge in [0.2, 0.25) is 12.7 Å². The largest absolute Gasteiger partial charge is 0.481 e. The zero-order valence-electron chi connectivity index (χ0n) is 24.0. The highest BCUT2D eigenvalue weighted by Crippen LogP contribution is 2.39. The number of ether oxygens (including phenoxy) is 4. The van der Waals surface area contributed by atoms with Crippen LogP contribution in [0.2, 0.25) is 0 Å². The van der Waals surface area contributed by atoms with Gasteiger partial charge < -0.3 is 34.1 Å². The van der Waals surface area contributed by atoms with Gasteiger partial charge in [-0.25, -0.2) is 0 Å². The Morgan fingerprint density at radius 3 is 2.36 bits per heavy atom. The predicted molar refractivity (Wildman–Crippen MR) is 157 cm³/mol. The number of hydrogen-bond acceptors (Lipinski definition) is 8. The van der Waals surface area contributed by atoms with Gasteiger partial charge in [-0.15, -0.1) is 11.3 Å². The quantitative estimate of drug-likeness (QED) is 0.205. The van der Waals surface area contributed by atoms with Gasteiger partial charge in [-0.1, -0.05) is 24.3 Å². The van der Waals surface area contributed by atoms with Gasteiger partial charge in [0.15, 0.2) is 17.8 Å². The van der Waals surface area contributed by atoms with Gasteiger partial charge in [-0.3, -0.25) is 14.4 Å². The van der Waals surface area contributed by atoms with Crippen LogP contribution in [0.3, 0.4) is 0 Å². The second kappa shape index (κ2) is 14.5. The lowest BCUT2D eigenvalue weighted by atomic mass is 9.87. The zero-order valence-corrected chi connectivity index (χ0v) is 24.8. The van der Waals surface area contributed by atoms with E-state index in [9.17, 15) is 24.6 Å². The summed E-state index contributed by atoms with van der Waals surface area (Å²) in [6.45, 7) is 6.92. The van der Waals surface area contributed by atoms with E-state index in [0.29, 0.717) is 31.1 Å². The third-order valence-corrected chi connectivity index (χ3v) is 8.47. The number of nitrogens with zero attached hydrogens (tertiary/aromatic N) is 1. The number of carboxylic acids is 2. The van der Waals surface area contributed by atoms with Gasteiger partial charge in [-0.05, 0) is 56.0 Å². The van der Waals surface area contributed by atoms with Crippen LogP contribution in [0.25, 0.3) is 10.1 Å². The summed E-state index contributed by atoms with van der Waals surface area (Å²) in [5.74, 6) is -3.45. The number of carboxylic acid groups (broad SMARTS) is 2. The Labute approximate surface area is 248 Å². The number of fused-ring (bicyclic) bond motifs is 2. The van der Waals surface area contributed by atoms with Crippen LogP contribution in [0.15, 0.2) is 48.5 Å². The second-order valence-corrected chi connectivity index (χ2v) is 11.3. The van der Waals surface area contributed by atoms with E-state index < -0.39 is 48.9 Å². The number of benzene rings is 2. The first kappa shape index (κ1) is 31.3. The Balaban J connectivity index is 1.72. The Kier molecular flexibility index (Phi) is 10.8. The molecule has 1 aromatic heterocycles. The molecule has 0 saturated heterocycles. The van der Waals surface area contributed by atoms with E-state index in [2.05, 4.69) is 0 Å². The van der Waals surface area contributed by atoms with Crippen LogP contribution < -0.4 is 9.47 Å². The Morgan fingerprint density at radius 2 is 1.69 bits per heavy atom. The molecular formula is C31H37NO9S. The van der Waals surface area contributed by atoms with Crippen LogP contribution >= 0.6 is 11.3 Å². The lowest BCUT2D eigenvalue weighted by Gasteiger charge is -2.37. The molecule has 0 aliphatic carbocycles. The number of carbonyl (C=O) groups excluding carboxylic acids is 1. The van der Waals surface area contributed by atoms with Gasteiger partial charge in [0.05, 0.1) is 18.9 Å². The first-order chi connectivity index (χ1) is 20.2. The molecule has 0 spiro atoms. The molecule has 42 heavy (non-hydrogen) atoms. The molecule has 226 valence electrons. The Bertz CT molecular complexity index is 1350. The Morgan fingerprint density at radius 1 is 0.976 bits per heavy atom. The number of hydrogen-bond donors (Lipinski definition) is 2. The molecule has 2 aromatic carbocycles. The minimum atomic E-state index is -1.35. The summed E-state index contributed by atoms with van der Waals surface area (Å²) in [4.78, 5) is 39.8. The molecule has 2 unspecified atom stereocenters. The lowest BCUT2D eigenvalue weighted by molar-refractivity contribution is -0.153. The Hall–Kier alpha value is -3.67. The molecular weight excluding hydrogens is 562 g/mol. The molecule has 4 rings (SSSR count). The summed E-state index contributed by atoms with van der Waals surface area (Å²) in [7, 11) is 0. The minimum Gasteiger partial charge on any atom is -0.481 e. The standard InChI is InChI=1S/C31H37NO9S/c1-4-38-30(39-5-2)16-24(20-10-11-25-26(13-20)41-18-40-25)19(3)32(28(33)14-22(31(36)37)15-29(34)35)17-23-12-21-8-6-7-9-27(21)42-23/h6-13,19,22,24,30H,4-5,14-18H2,1-3H3,(H,34,35)(H,36,37)/t19?,22-,24?/m1/s1. The van der Waals surface area contributed by atoms with E-state index in [0.717, 1.165) is 20.5 Å². The topological polar surface area (TPSA) is 132 Å². The first-order valence-electron chi connectivity index (χ1n) is 14.0. The summed E-state index contributed by atoms with van der Waals surface area (Å²) in [6, 6.07) is 15.1. The number of rotatable bonds is 16. The van der Waals surface area contributed by atoms with Crippen LogP contribution in [0.5, 0.6) is 11.5 Å². The molecule has 3 aromatic rings. The maximum Gasteiger partial charge on any atom is 0.307 e. The third-order valence-electron chi connectivity index (χ3n) is 7.36. The summed E-state index contributed by atoms with van der Waals surface area (Å²) in [6.07, 6.45) is -1.21. The van der Waals surface area contributed by atoms with E-state index in [1.165, 1.54) is 0 Å². The van der Waals surface area contributed by atoms with Crippen LogP contribution in [-0.4, -0.2) is 65.3 Å². The fourth-order valence-corrected chi connectivity index (χ4v) is 6.33. The number of thiophene rings is 1. The molecule has 0 saturated carbocycles. The zero-order chi connectivity index (χ0) is 30.2. The predicted octanol–water partition coefficient (Wildman–Crippen LogP) is 5.49. The van der Waals surface area contributed by atoms with Gasteiger partial charge in [0, 0.05) is 47.6 Å². The maximum atomic E-state index is 13.9. The summed E-state index contributed by atoms with van der Waals surface area (Å²) in [5.41, 5.74) is 0.880. The highest BCUT2D eigenvalue weighted by molar-refractivity contribution is 7.19. The maximum absolute atomic E-state index is 13.9. The third kappa shape index (κ3) is 7.78. The van der Waals surface area contributed by atoms with Crippen molar-refractivity contribution in [2.24, 2.45) is 5.92 Å². The molecule has 1 aliphatic heterocycles. The van der Waals surface area contributed by atoms with Crippen molar-refractivity contribution in [2.75, 3.05) is 20.0 Å². The van der Waals surface area contributed by atoms with Crippen molar-refractivity contribution < 1.29 is 43.5 Å². The van der Waals surface area contributed by atoms with Crippen LogP contribution in [0, 0.1) is 5.92 Å². The fourth-order valence-electron chi connectivity index (χ4n) is 5.26. The van der Waals surface area contributed by atoms with Gasteiger partial charge >= 0.3 is 11.9 Å². The van der Waals surface area contributed by atoms with E-state index >= 15 is 0 Å². The monoisotopic (exact) mass is 599 g/mol. The molecule has 2 N–H and O–H groups in total. The van der Waals surface area contributed by atoms with Crippen LogP contribution in [-0.2, 0) is 30.4 Å². The van der Waals surface area contributed by atoms with Crippen molar-refractivity contribution in [3.05, 3.63) is 59.0 Å². The molecule has 11 heteroatoms. The van der Waals surface area contributed by atoms with Crippen molar-refractivity contribution in [3.8, 4) is 11.5 Å². The van der Waals surface area contributed by atoms with E-state index in [-0.39, 0.29) is 19.3 Å². The van der Waals surface area contributed by atoms with E-state index in [4.69, 9.17) is 18.9 Å². The van der Waals surface area contributed by atoms with Gasteiger partial charge in [0.25, 0.3) is 0 Å². The van der Waals surface area contributed by atoms with E-state index in [1.807, 2.05) is 69.3 Å². The van der Waals surface area contributed by atoms with Crippen molar-refractivity contribution in [1.82, 2.24) is 4.90 Å². The minimum absolute atomic E-state index is 0.121. The van der Waals surface area contributed by atoms with Crippen LogP contribution in [0.4, 0.5) is 0 Å². The molecule has 10 nitrogen and oxygen atoms in total. The number of aliphatic carboxylic acids is 2. The van der Waals surface area contributed by atoms with Crippen molar-refractivity contribution in [1.29, 1.82) is 0 Å². The molecule has 0 radical (unpaired) electrons. The van der Waals surface area contributed by atoms with Crippen molar-refractivity contribution in [2.45, 2.75) is 64.8 Å². The number of amides is 1.